The fraction of sp³-hybridized carbons (Fsp3) is 0.333. The van der Waals surface area contributed by atoms with Crippen molar-refractivity contribution in [3.8, 4) is 0 Å². The second kappa shape index (κ2) is 5.81. The molecule has 0 spiro atoms. The first-order valence-corrected chi connectivity index (χ1v) is 7.73. The van der Waals surface area contributed by atoms with Crippen LogP contribution in [-0.4, -0.2) is 9.97 Å². The third kappa shape index (κ3) is 3.47. The molecule has 0 saturated carbocycles. The molecule has 0 aliphatic heterocycles. The van der Waals surface area contributed by atoms with E-state index in [-0.39, 0.29) is 5.41 Å². The van der Waals surface area contributed by atoms with Gasteiger partial charge in [-0.2, -0.15) is 0 Å². The average molecular weight is 370 g/mol. The molecule has 2 aromatic rings. The van der Waals surface area contributed by atoms with Gasteiger partial charge in [0.25, 0.3) is 0 Å². The summed E-state index contributed by atoms with van der Waals surface area (Å²) in [6, 6.07) is 5.61. The van der Waals surface area contributed by atoms with Gasteiger partial charge < -0.3 is 11.1 Å². The minimum Gasteiger partial charge on any atom is -0.383 e. The summed E-state index contributed by atoms with van der Waals surface area (Å²) in [6.07, 6.45) is 0. The van der Waals surface area contributed by atoms with Crippen LogP contribution in [0.4, 0.5) is 17.3 Å². The smallest absolute Gasteiger partial charge is 0.139 e. The number of hydrogen-bond donors (Lipinski definition) is 2. The van der Waals surface area contributed by atoms with Gasteiger partial charge in [0.2, 0.25) is 0 Å². The topological polar surface area (TPSA) is 63.8 Å². The molecule has 112 valence electrons. The van der Waals surface area contributed by atoms with E-state index in [4.69, 9.17) is 17.3 Å². The zero-order valence-corrected chi connectivity index (χ0v) is 14.8. The molecule has 0 bridgehead atoms. The molecule has 0 aliphatic carbocycles. The molecule has 0 unspecified atom stereocenters. The van der Waals surface area contributed by atoms with Crippen molar-refractivity contribution in [2.45, 2.75) is 33.1 Å². The predicted octanol–water partition coefficient (Wildman–Crippen LogP) is 4.82. The largest absolute Gasteiger partial charge is 0.383 e. The van der Waals surface area contributed by atoms with E-state index in [2.05, 4.69) is 52.0 Å². The number of nitrogen functional groups attached to an aromatic ring is 1. The lowest BCUT2D eigenvalue weighted by atomic mass is 9.95. The number of anilines is 3. The molecule has 1 heterocycles. The molecular formula is C15H18BrClN4. The van der Waals surface area contributed by atoms with Gasteiger partial charge in [-0.15, -0.1) is 0 Å². The molecule has 0 radical (unpaired) electrons. The molecule has 0 amide bonds. The van der Waals surface area contributed by atoms with Crippen LogP contribution in [0, 0.1) is 6.92 Å². The van der Waals surface area contributed by atoms with Crippen molar-refractivity contribution in [1.82, 2.24) is 9.97 Å². The van der Waals surface area contributed by atoms with Crippen LogP contribution in [0.1, 0.15) is 32.2 Å². The number of hydrogen-bond acceptors (Lipinski definition) is 4. The Bertz CT molecular complexity index is 680. The lowest BCUT2D eigenvalue weighted by Crippen LogP contribution is -2.18. The van der Waals surface area contributed by atoms with E-state index in [1.54, 1.807) is 0 Å². The van der Waals surface area contributed by atoms with Gasteiger partial charge in [0.1, 0.15) is 17.5 Å². The van der Waals surface area contributed by atoms with Gasteiger partial charge in [0.05, 0.1) is 15.2 Å². The van der Waals surface area contributed by atoms with Crippen LogP contribution in [0.15, 0.2) is 22.7 Å². The third-order valence-electron chi connectivity index (χ3n) is 3.06. The molecule has 2 rings (SSSR count). The predicted molar refractivity (Wildman–Crippen MR) is 92.3 cm³/mol. The standard InChI is InChI=1S/C15H18BrClN4/c1-8-12(18)20-14(15(2,3)4)21-13(8)19-10-7-5-6-9(17)11(10)16/h5-7H,1-4H3,(H3,18,19,20,21). The number of halogens is 2. The minimum absolute atomic E-state index is 0.177. The highest BCUT2D eigenvalue weighted by Crippen LogP contribution is 2.33. The van der Waals surface area contributed by atoms with E-state index in [0.717, 1.165) is 15.7 Å². The van der Waals surface area contributed by atoms with Gasteiger partial charge in [-0.1, -0.05) is 38.4 Å². The molecule has 1 aromatic carbocycles. The number of rotatable bonds is 2. The van der Waals surface area contributed by atoms with E-state index in [1.807, 2.05) is 25.1 Å². The first-order valence-electron chi connectivity index (χ1n) is 6.56. The average Bonchev–Trinajstić information content (AvgIpc) is 2.38. The number of aromatic nitrogens is 2. The first-order chi connectivity index (χ1) is 9.70. The maximum absolute atomic E-state index is 6.11. The summed E-state index contributed by atoms with van der Waals surface area (Å²) < 4.78 is 0.792. The molecule has 0 saturated heterocycles. The third-order valence-corrected chi connectivity index (χ3v) is 4.46. The van der Waals surface area contributed by atoms with E-state index >= 15 is 0 Å². The van der Waals surface area contributed by atoms with Gasteiger partial charge in [-0.3, -0.25) is 0 Å². The SMILES string of the molecule is Cc1c(N)nc(C(C)(C)C)nc1Nc1cccc(Cl)c1Br. The maximum atomic E-state index is 6.11. The molecule has 3 N–H and O–H groups in total. The molecule has 4 nitrogen and oxygen atoms in total. The van der Waals surface area contributed by atoms with E-state index in [1.165, 1.54) is 0 Å². The molecule has 6 heteroatoms. The van der Waals surface area contributed by atoms with Gasteiger partial charge in [0.15, 0.2) is 0 Å². The Labute approximate surface area is 138 Å². The summed E-state index contributed by atoms with van der Waals surface area (Å²) in [6.45, 7) is 8.05. The second-order valence-electron chi connectivity index (χ2n) is 5.88. The van der Waals surface area contributed by atoms with Crippen LogP contribution < -0.4 is 11.1 Å². The van der Waals surface area contributed by atoms with Crippen LogP contribution in [-0.2, 0) is 5.41 Å². The van der Waals surface area contributed by atoms with Crippen molar-refractivity contribution in [1.29, 1.82) is 0 Å². The molecule has 0 fully saturated rings. The molecule has 21 heavy (non-hydrogen) atoms. The van der Waals surface area contributed by atoms with E-state index < -0.39 is 0 Å². The zero-order chi connectivity index (χ0) is 15.8. The highest BCUT2D eigenvalue weighted by molar-refractivity contribution is 9.10. The van der Waals surface area contributed by atoms with E-state index in [0.29, 0.717) is 22.5 Å². The highest BCUT2D eigenvalue weighted by atomic mass is 79.9. The molecule has 1 aromatic heterocycles. The van der Waals surface area contributed by atoms with Gasteiger partial charge >= 0.3 is 0 Å². The summed E-state index contributed by atoms with van der Waals surface area (Å²) in [5.41, 5.74) is 7.49. The summed E-state index contributed by atoms with van der Waals surface area (Å²) in [4.78, 5) is 8.98. The van der Waals surface area contributed by atoms with Crippen LogP contribution in [0.3, 0.4) is 0 Å². The summed E-state index contributed by atoms with van der Waals surface area (Å²) in [5.74, 6) is 1.87. The summed E-state index contributed by atoms with van der Waals surface area (Å²) >= 11 is 9.58. The Morgan fingerprint density at radius 3 is 2.52 bits per heavy atom. The van der Waals surface area contributed by atoms with Crippen LogP contribution in [0.25, 0.3) is 0 Å². The fourth-order valence-corrected chi connectivity index (χ4v) is 2.26. The lowest BCUT2D eigenvalue weighted by molar-refractivity contribution is 0.546. The first kappa shape index (κ1) is 16.0. The number of nitrogens with one attached hydrogen (secondary N) is 1. The number of benzene rings is 1. The fourth-order valence-electron chi connectivity index (χ4n) is 1.72. The quantitative estimate of drug-likeness (QED) is 0.796. The van der Waals surface area contributed by atoms with Crippen molar-refractivity contribution in [2.75, 3.05) is 11.1 Å². The van der Waals surface area contributed by atoms with Crippen molar-refractivity contribution < 1.29 is 0 Å². The number of nitrogens with zero attached hydrogens (tertiary/aromatic N) is 2. The Morgan fingerprint density at radius 2 is 1.90 bits per heavy atom. The summed E-state index contributed by atoms with van der Waals surface area (Å²) in [5, 5.41) is 3.91. The maximum Gasteiger partial charge on any atom is 0.139 e. The number of nitrogens with two attached hydrogens (primary N) is 1. The minimum atomic E-state index is -0.177. The van der Waals surface area contributed by atoms with Gasteiger partial charge in [0, 0.05) is 11.0 Å². The Kier molecular flexibility index (Phi) is 4.44. The van der Waals surface area contributed by atoms with Crippen LogP contribution >= 0.6 is 27.5 Å². The Hall–Kier alpha value is -1.33. The van der Waals surface area contributed by atoms with Gasteiger partial charge in [-0.05, 0) is 35.0 Å². The molecule has 0 aliphatic rings. The van der Waals surface area contributed by atoms with Crippen LogP contribution in [0.2, 0.25) is 5.02 Å². The van der Waals surface area contributed by atoms with Gasteiger partial charge in [-0.25, -0.2) is 9.97 Å². The lowest BCUT2D eigenvalue weighted by Gasteiger charge is -2.20. The second-order valence-corrected chi connectivity index (χ2v) is 7.08. The highest BCUT2D eigenvalue weighted by Gasteiger charge is 2.20. The Morgan fingerprint density at radius 1 is 1.24 bits per heavy atom. The zero-order valence-electron chi connectivity index (χ0n) is 12.5. The van der Waals surface area contributed by atoms with Crippen LogP contribution in [0.5, 0.6) is 0 Å². The van der Waals surface area contributed by atoms with Crippen molar-refractivity contribution in [2.24, 2.45) is 0 Å². The molecular weight excluding hydrogens is 352 g/mol. The normalized spacial score (nSPS) is 11.5. The van der Waals surface area contributed by atoms with Crippen molar-refractivity contribution in [3.63, 3.8) is 0 Å². The van der Waals surface area contributed by atoms with Crippen molar-refractivity contribution in [3.05, 3.63) is 39.1 Å². The Balaban J connectivity index is 2.49. The van der Waals surface area contributed by atoms with E-state index in [9.17, 15) is 0 Å². The van der Waals surface area contributed by atoms with Crippen molar-refractivity contribution >= 4 is 44.9 Å². The monoisotopic (exact) mass is 368 g/mol. The summed E-state index contributed by atoms with van der Waals surface area (Å²) in [7, 11) is 0. The molecule has 0 atom stereocenters.